The summed E-state index contributed by atoms with van der Waals surface area (Å²) in [6.45, 7) is 0.433. The zero-order chi connectivity index (χ0) is 18.3. The van der Waals surface area contributed by atoms with Gasteiger partial charge in [0.2, 0.25) is 4.96 Å². The Morgan fingerprint density at radius 3 is 2.43 bits per heavy atom. The first kappa shape index (κ1) is 15.7. The summed E-state index contributed by atoms with van der Waals surface area (Å²) < 4.78 is 14.0. The maximum Gasteiger partial charge on any atom is 0.234 e. The highest BCUT2D eigenvalue weighted by molar-refractivity contribution is 7.16. The van der Waals surface area contributed by atoms with E-state index in [4.69, 9.17) is 14.6 Å². The van der Waals surface area contributed by atoms with Gasteiger partial charge in [0.05, 0.1) is 0 Å². The number of ether oxygens (including phenoxy) is 2. The van der Waals surface area contributed by atoms with Crippen LogP contribution in [-0.4, -0.2) is 26.4 Å². The zero-order valence-corrected chi connectivity index (χ0v) is 16.4. The molecule has 3 heterocycles. The molecule has 28 heavy (non-hydrogen) atoms. The molecular weight excluding hydrogens is 372 g/mol. The highest BCUT2D eigenvalue weighted by Crippen LogP contribution is 2.61. The van der Waals surface area contributed by atoms with Crippen LogP contribution < -0.4 is 9.47 Å². The van der Waals surface area contributed by atoms with E-state index in [-0.39, 0.29) is 11.5 Å². The van der Waals surface area contributed by atoms with Crippen LogP contribution in [0.15, 0.2) is 24.3 Å². The minimum atomic E-state index is -0.281. The fraction of sp³-hybridized carbons (Fsp3) is 0.571. The Kier molecular flexibility index (Phi) is 3.07. The third-order valence-electron chi connectivity index (χ3n) is 7.30. The van der Waals surface area contributed by atoms with Gasteiger partial charge in [-0.1, -0.05) is 23.5 Å². The van der Waals surface area contributed by atoms with Crippen LogP contribution in [0.25, 0.3) is 4.96 Å². The lowest BCUT2D eigenvalue weighted by atomic mass is 9.50. The molecule has 4 aliphatic carbocycles. The number of para-hydroxylation sites is 2. The molecule has 2 aromatic heterocycles. The summed E-state index contributed by atoms with van der Waals surface area (Å²) in [6, 6.07) is 7.77. The molecule has 4 fully saturated rings. The van der Waals surface area contributed by atoms with E-state index < -0.39 is 0 Å². The summed E-state index contributed by atoms with van der Waals surface area (Å²) >= 11 is 1.74. The van der Waals surface area contributed by atoms with E-state index in [0.717, 1.165) is 40.0 Å². The smallest absolute Gasteiger partial charge is 0.234 e. The summed E-state index contributed by atoms with van der Waals surface area (Å²) in [5, 5.41) is 15.2. The Hall–Kier alpha value is -2.15. The Morgan fingerprint density at radius 2 is 1.68 bits per heavy atom. The SMILES string of the molecule is c1ccc2c(c1)OC[C@@H](c1nnc3sc(C45CC6CC(CC(C6)C4)C5)nn13)O2. The van der Waals surface area contributed by atoms with Gasteiger partial charge >= 0.3 is 0 Å². The van der Waals surface area contributed by atoms with Gasteiger partial charge in [-0.15, -0.1) is 10.2 Å². The number of hydrogen-bond acceptors (Lipinski definition) is 6. The van der Waals surface area contributed by atoms with Gasteiger partial charge in [0.15, 0.2) is 23.4 Å². The average Bonchev–Trinajstić information content (AvgIpc) is 3.28. The second-order valence-electron chi connectivity index (χ2n) is 9.22. The maximum absolute atomic E-state index is 6.16. The summed E-state index contributed by atoms with van der Waals surface area (Å²) in [7, 11) is 0. The molecule has 0 spiro atoms. The van der Waals surface area contributed by atoms with Crippen molar-refractivity contribution in [1.29, 1.82) is 0 Å². The molecule has 0 unspecified atom stereocenters. The van der Waals surface area contributed by atoms with E-state index in [1.165, 1.54) is 43.5 Å². The van der Waals surface area contributed by atoms with Crippen LogP contribution in [0.5, 0.6) is 11.5 Å². The number of aromatic nitrogens is 4. The molecule has 3 aromatic rings. The number of rotatable bonds is 2. The molecule has 0 amide bonds. The molecular formula is C21H22N4O2S. The molecule has 0 radical (unpaired) electrons. The van der Waals surface area contributed by atoms with Crippen LogP contribution in [0.3, 0.4) is 0 Å². The van der Waals surface area contributed by atoms with Crippen molar-refractivity contribution in [3.63, 3.8) is 0 Å². The van der Waals surface area contributed by atoms with Crippen molar-refractivity contribution in [2.75, 3.05) is 6.61 Å². The van der Waals surface area contributed by atoms with E-state index in [0.29, 0.717) is 6.61 Å². The van der Waals surface area contributed by atoms with Crippen molar-refractivity contribution in [2.45, 2.75) is 50.0 Å². The van der Waals surface area contributed by atoms with E-state index in [1.54, 1.807) is 11.3 Å². The molecule has 1 atom stereocenters. The van der Waals surface area contributed by atoms with E-state index in [9.17, 15) is 0 Å². The van der Waals surface area contributed by atoms with Crippen molar-refractivity contribution in [1.82, 2.24) is 19.8 Å². The van der Waals surface area contributed by atoms with Gasteiger partial charge in [0, 0.05) is 5.41 Å². The molecule has 0 N–H and O–H groups in total. The molecule has 0 saturated heterocycles. The third-order valence-corrected chi connectivity index (χ3v) is 8.45. The first-order chi connectivity index (χ1) is 13.8. The number of nitrogens with zero attached hydrogens (tertiary/aromatic N) is 4. The zero-order valence-electron chi connectivity index (χ0n) is 15.6. The molecule has 1 aliphatic heterocycles. The van der Waals surface area contributed by atoms with Gasteiger partial charge in [-0.2, -0.15) is 9.61 Å². The first-order valence-corrected chi connectivity index (χ1v) is 11.2. The lowest BCUT2D eigenvalue weighted by Crippen LogP contribution is -2.48. The average molecular weight is 395 g/mol. The second-order valence-corrected chi connectivity index (χ2v) is 10.2. The van der Waals surface area contributed by atoms with Crippen molar-refractivity contribution in [3.05, 3.63) is 35.1 Å². The molecule has 5 aliphatic rings. The Labute approximate surface area is 166 Å². The topological polar surface area (TPSA) is 61.5 Å². The largest absolute Gasteiger partial charge is 0.485 e. The monoisotopic (exact) mass is 394 g/mol. The predicted octanol–water partition coefficient (Wildman–Crippen LogP) is 4.17. The van der Waals surface area contributed by atoms with Crippen LogP contribution in [0, 0.1) is 17.8 Å². The Bertz CT molecular complexity index is 1040. The predicted molar refractivity (Wildman–Crippen MR) is 104 cm³/mol. The van der Waals surface area contributed by atoms with Crippen LogP contribution in [0.1, 0.15) is 55.5 Å². The van der Waals surface area contributed by atoms with Crippen molar-refractivity contribution in [2.24, 2.45) is 17.8 Å². The van der Waals surface area contributed by atoms with Gasteiger partial charge in [0.1, 0.15) is 11.6 Å². The summed E-state index contributed by atoms with van der Waals surface area (Å²) in [5.74, 6) is 5.01. The van der Waals surface area contributed by atoms with Gasteiger partial charge in [-0.25, -0.2) is 0 Å². The van der Waals surface area contributed by atoms with Gasteiger partial charge in [-0.05, 0) is 68.4 Å². The van der Waals surface area contributed by atoms with Gasteiger partial charge < -0.3 is 9.47 Å². The number of benzene rings is 1. The Balaban J connectivity index is 1.26. The van der Waals surface area contributed by atoms with Gasteiger partial charge in [0.25, 0.3) is 0 Å². The van der Waals surface area contributed by atoms with Crippen molar-refractivity contribution < 1.29 is 9.47 Å². The lowest BCUT2D eigenvalue weighted by Gasteiger charge is -2.55. The highest BCUT2D eigenvalue weighted by Gasteiger charge is 2.53. The normalized spacial score (nSPS) is 35.6. The van der Waals surface area contributed by atoms with E-state index >= 15 is 0 Å². The number of fused-ring (bicyclic) bond motifs is 2. The van der Waals surface area contributed by atoms with E-state index in [1.807, 2.05) is 28.8 Å². The molecule has 7 heteroatoms. The van der Waals surface area contributed by atoms with Crippen LogP contribution in [0.4, 0.5) is 0 Å². The number of hydrogen-bond donors (Lipinski definition) is 0. The molecule has 6 nitrogen and oxygen atoms in total. The lowest BCUT2D eigenvalue weighted by molar-refractivity contribution is -0.00574. The molecule has 8 rings (SSSR count). The van der Waals surface area contributed by atoms with Crippen LogP contribution >= 0.6 is 11.3 Å². The molecule has 4 saturated carbocycles. The quantitative estimate of drug-likeness (QED) is 0.653. The molecule has 144 valence electrons. The third kappa shape index (κ3) is 2.16. The van der Waals surface area contributed by atoms with E-state index in [2.05, 4.69) is 10.2 Å². The minimum Gasteiger partial charge on any atom is -0.485 e. The van der Waals surface area contributed by atoms with Crippen molar-refractivity contribution in [3.8, 4) is 11.5 Å². The minimum absolute atomic E-state index is 0.281. The summed E-state index contributed by atoms with van der Waals surface area (Å²) in [5.41, 5.74) is 0.286. The highest BCUT2D eigenvalue weighted by atomic mass is 32.1. The Morgan fingerprint density at radius 1 is 0.964 bits per heavy atom. The first-order valence-electron chi connectivity index (χ1n) is 10.4. The summed E-state index contributed by atoms with van der Waals surface area (Å²) in [4.78, 5) is 0.878. The fourth-order valence-electron chi connectivity index (χ4n) is 6.57. The standard InChI is InChI=1S/C21H22N4O2S/c1-2-4-16-15(3-1)26-11-17(27-16)18-22-23-20-25(18)24-19(28-20)21-8-12-5-13(9-21)7-14(6-12)10-21/h1-4,12-14,17H,5-11H2/t12?,13?,14?,17-,21?/m0/s1. The maximum atomic E-state index is 6.16. The second kappa shape index (κ2) is 5.47. The molecule has 1 aromatic carbocycles. The fourth-order valence-corrected chi connectivity index (χ4v) is 7.63. The molecule has 4 bridgehead atoms. The van der Waals surface area contributed by atoms with Gasteiger partial charge in [-0.3, -0.25) is 0 Å². The van der Waals surface area contributed by atoms with Crippen LogP contribution in [0.2, 0.25) is 0 Å². The van der Waals surface area contributed by atoms with Crippen LogP contribution in [-0.2, 0) is 5.41 Å². The van der Waals surface area contributed by atoms with Crippen molar-refractivity contribution >= 4 is 16.3 Å². The summed E-state index contributed by atoms with van der Waals surface area (Å²) in [6.07, 6.45) is 8.00.